The van der Waals surface area contributed by atoms with E-state index in [0.717, 1.165) is 0 Å². The molecule has 130 valence electrons. The Hall–Kier alpha value is -1.95. The highest BCUT2D eigenvalue weighted by Gasteiger charge is 2.28. The van der Waals surface area contributed by atoms with Gasteiger partial charge in [-0.1, -0.05) is 26.8 Å². The van der Waals surface area contributed by atoms with Crippen LogP contribution in [0.25, 0.3) is 0 Å². The van der Waals surface area contributed by atoms with Gasteiger partial charge >= 0.3 is 6.09 Å². The van der Waals surface area contributed by atoms with Crippen LogP contribution in [0.5, 0.6) is 11.5 Å². The maximum atomic E-state index is 11.2. The van der Waals surface area contributed by atoms with Gasteiger partial charge in [0.2, 0.25) is 0 Å². The summed E-state index contributed by atoms with van der Waals surface area (Å²) in [6.07, 6.45) is -1.97. The Morgan fingerprint density at radius 1 is 1.30 bits per heavy atom. The van der Waals surface area contributed by atoms with E-state index in [4.69, 9.17) is 19.9 Å². The highest BCUT2D eigenvalue weighted by Crippen LogP contribution is 2.35. The van der Waals surface area contributed by atoms with Crippen LogP contribution in [0, 0.1) is 5.41 Å². The Kier molecular flexibility index (Phi) is 6.69. The summed E-state index contributed by atoms with van der Waals surface area (Å²) in [5, 5.41) is 10.3. The molecule has 0 aliphatic rings. The highest BCUT2D eigenvalue weighted by atomic mass is 16.6. The number of aliphatic hydroxyl groups excluding tert-OH is 1. The number of carbonyl (C=O) groups is 1. The molecule has 1 amide bonds. The lowest BCUT2D eigenvalue weighted by atomic mass is 9.85. The Morgan fingerprint density at radius 2 is 1.96 bits per heavy atom. The zero-order valence-electron chi connectivity index (χ0n) is 14.5. The minimum absolute atomic E-state index is 0.240. The molecule has 0 aliphatic heterocycles. The number of amides is 1. The molecule has 6 heteroatoms. The number of hydrogen-bond acceptors (Lipinski definition) is 5. The molecule has 0 fully saturated rings. The van der Waals surface area contributed by atoms with Crippen LogP contribution in [0.4, 0.5) is 4.79 Å². The molecule has 0 saturated heterocycles. The Balaban J connectivity index is 3.11. The van der Waals surface area contributed by atoms with Gasteiger partial charge in [-0.25, -0.2) is 4.79 Å². The van der Waals surface area contributed by atoms with Crippen molar-refractivity contribution in [2.75, 3.05) is 13.7 Å². The van der Waals surface area contributed by atoms with Gasteiger partial charge in [0.15, 0.2) is 11.5 Å². The summed E-state index contributed by atoms with van der Waals surface area (Å²) < 4.78 is 16.0. The van der Waals surface area contributed by atoms with Gasteiger partial charge in [-0.05, 0) is 30.0 Å². The second-order valence-corrected chi connectivity index (χ2v) is 6.39. The third-order valence-electron chi connectivity index (χ3n) is 3.55. The number of primary amides is 1. The number of benzene rings is 1. The molecular weight excluding hydrogens is 298 g/mol. The van der Waals surface area contributed by atoms with Crippen molar-refractivity contribution in [3.05, 3.63) is 23.8 Å². The van der Waals surface area contributed by atoms with E-state index in [-0.39, 0.29) is 11.8 Å². The first kappa shape index (κ1) is 19.1. The van der Waals surface area contributed by atoms with Gasteiger partial charge in [-0.15, -0.1) is 0 Å². The third-order valence-corrected chi connectivity index (χ3v) is 3.55. The molecule has 0 radical (unpaired) electrons. The second kappa shape index (κ2) is 8.06. The van der Waals surface area contributed by atoms with E-state index in [1.165, 1.54) is 0 Å². The standard InChI is InChI=1S/C17H27NO5/c1-6-22-14-9-11(7-8-12(14)21-5)13(23-16(18)20)10-15(19)17(2,3)4/h7-9,13,15,19H,6,10H2,1-5H3,(H2,18,20). The van der Waals surface area contributed by atoms with Crippen LogP contribution in [-0.4, -0.2) is 31.0 Å². The van der Waals surface area contributed by atoms with Gasteiger partial charge in [0, 0.05) is 6.42 Å². The van der Waals surface area contributed by atoms with Gasteiger partial charge < -0.3 is 25.1 Å². The minimum atomic E-state index is -0.884. The summed E-state index contributed by atoms with van der Waals surface area (Å²) in [5.41, 5.74) is 5.52. The molecule has 0 aromatic heterocycles. The van der Waals surface area contributed by atoms with E-state index in [9.17, 15) is 9.90 Å². The van der Waals surface area contributed by atoms with Crippen molar-refractivity contribution in [3.8, 4) is 11.5 Å². The Morgan fingerprint density at radius 3 is 2.43 bits per heavy atom. The normalized spacial score (nSPS) is 14.0. The van der Waals surface area contributed by atoms with Crippen molar-refractivity contribution >= 4 is 6.09 Å². The molecule has 23 heavy (non-hydrogen) atoms. The molecule has 0 spiro atoms. The fraction of sp³-hybridized carbons (Fsp3) is 0.588. The topological polar surface area (TPSA) is 91.0 Å². The zero-order chi connectivity index (χ0) is 17.6. The van der Waals surface area contributed by atoms with Crippen molar-refractivity contribution in [1.29, 1.82) is 0 Å². The van der Waals surface area contributed by atoms with Gasteiger partial charge in [0.1, 0.15) is 6.10 Å². The van der Waals surface area contributed by atoms with Crippen molar-refractivity contribution in [2.24, 2.45) is 11.1 Å². The lowest BCUT2D eigenvalue weighted by Crippen LogP contribution is -2.30. The van der Waals surface area contributed by atoms with Crippen LogP contribution < -0.4 is 15.2 Å². The predicted molar refractivity (Wildman–Crippen MR) is 87.7 cm³/mol. The van der Waals surface area contributed by atoms with Gasteiger partial charge in [-0.3, -0.25) is 0 Å². The average Bonchev–Trinajstić information content (AvgIpc) is 2.45. The number of methoxy groups -OCH3 is 1. The number of rotatable bonds is 7. The molecule has 1 aromatic rings. The maximum absolute atomic E-state index is 11.2. The van der Waals surface area contributed by atoms with E-state index in [2.05, 4.69) is 0 Å². The molecule has 0 heterocycles. The molecule has 0 bridgehead atoms. The van der Waals surface area contributed by atoms with Crippen molar-refractivity contribution < 1.29 is 24.1 Å². The number of aliphatic hydroxyl groups is 1. The third kappa shape index (κ3) is 5.63. The fourth-order valence-electron chi connectivity index (χ4n) is 2.11. The van der Waals surface area contributed by atoms with Crippen LogP contribution in [0.1, 0.15) is 45.8 Å². The Labute approximate surface area is 137 Å². The summed E-state index contributed by atoms with van der Waals surface area (Å²) in [5.74, 6) is 1.14. The van der Waals surface area contributed by atoms with Crippen LogP contribution >= 0.6 is 0 Å². The summed E-state index contributed by atoms with van der Waals surface area (Å²) in [7, 11) is 1.55. The number of ether oxygens (including phenoxy) is 3. The van der Waals surface area contributed by atoms with Crippen LogP contribution in [0.3, 0.4) is 0 Å². The second-order valence-electron chi connectivity index (χ2n) is 6.39. The molecule has 1 rings (SSSR count). The first-order valence-electron chi connectivity index (χ1n) is 7.63. The van der Waals surface area contributed by atoms with E-state index in [0.29, 0.717) is 23.7 Å². The molecule has 1 aromatic carbocycles. The van der Waals surface area contributed by atoms with Crippen LogP contribution in [-0.2, 0) is 4.74 Å². The smallest absolute Gasteiger partial charge is 0.405 e. The summed E-state index contributed by atoms with van der Waals surface area (Å²) in [4.78, 5) is 11.2. The van der Waals surface area contributed by atoms with Crippen molar-refractivity contribution in [2.45, 2.75) is 46.3 Å². The number of nitrogens with two attached hydrogens (primary N) is 1. The molecule has 3 N–H and O–H groups in total. The van der Waals surface area contributed by atoms with Gasteiger partial charge in [0.25, 0.3) is 0 Å². The van der Waals surface area contributed by atoms with E-state index in [1.807, 2.05) is 27.7 Å². The molecule has 2 atom stereocenters. The SMILES string of the molecule is CCOc1cc(C(CC(O)C(C)(C)C)OC(N)=O)ccc1OC. The van der Waals surface area contributed by atoms with Crippen molar-refractivity contribution in [3.63, 3.8) is 0 Å². The van der Waals surface area contributed by atoms with E-state index in [1.54, 1.807) is 25.3 Å². The van der Waals surface area contributed by atoms with E-state index < -0.39 is 18.3 Å². The zero-order valence-corrected chi connectivity index (χ0v) is 14.5. The molecular formula is C17H27NO5. The largest absolute Gasteiger partial charge is 0.493 e. The molecule has 2 unspecified atom stereocenters. The van der Waals surface area contributed by atoms with Crippen molar-refractivity contribution in [1.82, 2.24) is 0 Å². The van der Waals surface area contributed by atoms with E-state index >= 15 is 0 Å². The average molecular weight is 325 g/mol. The van der Waals surface area contributed by atoms with Crippen LogP contribution in [0.15, 0.2) is 18.2 Å². The first-order chi connectivity index (χ1) is 10.7. The predicted octanol–water partition coefficient (Wildman–Crippen LogP) is 3.03. The van der Waals surface area contributed by atoms with Gasteiger partial charge in [0.05, 0.1) is 19.8 Å². The summed E-state index contributed by atoms with van der Waals surface area (Å²) in [6.45, 7) is 8.09. The summed E-state index contributed by atoms with van der Waals surface area (Å²) in [6, 6.07) is 5.25. The van der Waals surface area contributed by atoms with Gasteiger partial charge in [-0.2, -0.15) is 0 Å². The number of carbonyl (C=O) groups excluding carboxylic acids is 1. The maximum Gasteiger partial charge on any atom is 0.405 e. The fourth-order valence-corrected chi connectivity index (χ4v) is 2.11. The lowest BCUT2D eigenvalue weighted by molar-refractivity contribution is 0.00651. The minimum Gasteiger partial charge on any atom is -0.493 e. The monoisotopic (exact) mass is 325 g/mol. The summed E-state index contributed by atoms with van der Waals surface area (Å²) >= 11 is 0. The highest BCUT2D eigenvalue weighted by molar-refractivity contribution is 5.65. The molecule has 6 nitrogen and oxygen atoms in total. The number of hydrogen-bond donors (Lipinski definition) is 2. The molecule has 0 aliphatic carbocycles. The first-order valence-corrected chi connectivity index (χ1v) is 7.63. The lowest BCUT2D eigenvalue weighted by Gasteiger charge is -2.29. The van der Waals surface area contributed by atoms with Crippen LogP contribution in [0.2, 0.25) is 0 Å². The Bertz CT molecular complexity index is 524. The quantitative estimate of drug-likeness (QED) is 0.804. The molecule has 0 saturated carbocycles.